The molecular formula is C15H18ClN3O3. The molecule has 0 bridgehead atoms. The van der Waals surface area contributed by atoms with Crippen LogP contribution in [0, 0.1) is 10.1 Å². The highest BCUT2D eigenvalue weighted by Gasteiger charge is 2.17. The number of likely N-dealkylation sites (N-methyl/N-ethyl adjacent to an activating group) is 1. The van der Waals surface area contributed by atoms with Gasteiger partial charge in [0.1, 0.15) is 5.76 Å². The fourth-order valence-corrected chi connectivity index (χ4v) is 2.36. The van der Waals surface area contributed by atoms with Crippen LogP contribution in [0.4, 0.5) is 5.69 Å². The van der Waals surface area contributed by atoms with Crippen molar-refractivity contribution in [2.75, 3.05) is 20.6 Å². The monoisotopic (exact) mass is 323 g/mol. The van der Waals surface area contributed by atoms with Crippen molar-refractivity contribution in [3.63, 3.8) is 0 Å². The SMILES string of the molecule is CN(C)C(CNCc1cc([N+](=O)[O-])ccc1Cl)c1ccco1. The van der Waals surface area contributed by atoms with Crippen molar-refractivity contribution in [3.8, 4) is 0 Å². The first-order chi connectivity index (χ1) is 10.5. The van der Waals surface area contributed by atoms with E-state index in [0.717, 1.165) is 5.76 Å². The van der Waals surface area contributed by atoms with E-state index in [2.05, 4.69) is 5.32 Å². The van der Waals surface area contributed by atoms with Crippen LogP contribution in [-0.2, 0) is 6.54 Å². The maximum absolute atomic E-state index is 10.8. The van der Waals surface area contributed by atoms with Crippen LogP contribution in [0.2, 0.25) is 5.02 Å². The zero-order valence-electron chi connectivity index (χ0n) is 12.5. The van der Waals surface area contributed by atoms with Gasteiger partial charge in [-0.25, -0.2) is 0 Å². The molecule has 0 aliphatic carbocycles. The van der Waals surface area contributed by atoms with E-state index in [1.165, 1.54) is 12.1 Å². The average molecular weight is 324 g/mol. The molecule has 0 saturated heterocycles. The zero-order chi connectivity index (χ0) is 16.1. The van der Waals surface area contributed by atoms with Gasteiger partial charge in [0.25, 0.3) is 5.69 Å². The van der Waals surface area contributed by atoms with E-state index < -0.39 is 4.92 Å². The fraction of sp³-hybridized carbons (Fsp3) is 0.333. The minimum atomic E-state index is -0.425. The van der Waals surface area contributed by atoms with Crippen molar-refractivity contribution in [1.29, 1.82) is 0 Å². The summed E-state index contributed by atoms with van der Waals surface area (Å²) in [7, 11) is 3.93. The number of nitro groups is 1. The second-order valence-electron chi connectivity index (χ2n) is 5.16. The van der Waals surface area contributed by atoms with Crippen molar-refractivity contribution in [3.05, 3.63) is 63.1 Å². The molecular weight excluding hydrogens is 306 g/mol. The molecule has 6 nitrogen and oxygen atoms in total. The van der Waals surface area contributed by atoms with E-state index in [9.17, 15) is 10.1 Å². The number of non-ortho nitro benzene ring substituents is 1. The summed E-state index contributed by atoms with van der Waals surface area (Å²) in [4.78, 5) is 12.4. The van der Waals surface area contributed by atoms with Crippen LogP contribution in [-0.4, -0.2) is 30.5 Å². The normalized spacial score (nSPS) is 12.5. The minimum Gasteiger partial charge on any atom is -0.468 e. The Bertz CT molecular complexity index is 629. The molecule has 0 radical (unpaired) electrons. The molecule has 1 unspecified atom stereocenters. The van der Waals surface area contributed by atoms with Gasteiger partial charge in [0.2, 0.25) is 0 Å². The van der Waals surface area contributed by atoms with E-state index in [1.54, 1.807) is 12.3 Å². The van der Waals surface area contributed by atoms with E-state index in [1.807, 2.05) is 31.1 Å². The second kappa shape index (κ2) is 7.40. The Balaban J connectivity index is 2.01. The summed E-state index contributed by atoms with van der Waals surface area (Å²) in [5.41, 5.74) is 0.740. The summed E-state index contributed by atoms with van der Waals surface area (Å²) in [6, 6.07) is 8.29. The molecule has 1 heterocycles. The maximum atomic E-state index is 10.8. The molecule has 0 saturated carbocycles. The lowest BCUT2D eigenvalue weighted by atomic mass is 10.1. The van der Waals surface area contributed by atoms with Crippen LogP contribution in [0.15, 0.2) is 41.0 Å². The molecule has 0 aliphatic rings. The molecule has 1 atom stereocenters. The van der Waals surface area contributed by atoms with Gasteiger partial charge in [0.15, 0.2) is 0 Å². The fourth-order valence-electron chi connectivity index (χ4n) is 2.17. The van der Waals surface area contributed by atoms with Crippen LogP contribution < -0.4 is 5.32 Å². The Hall–Kier alpha value is -1.89. The Labute approximate surface area is 133 Å². The first kappa shape index (κ1) is 16.5. The van der Waals surface area contributed by atoms with Crippen molar-refractivity contribution in [2.45, 2.75) is 12.6 Å². The Morgan fingerprint density at radius 2 is 2.18 bits per heavy atom. The predicted molar refractivity (Wildman–Crippen MR) is 84.9 cm³/mol. The Morgan fingerprint density at radius 1 is 1.41 bits per heavy atom. The van der Waals surface area contributed by atoms with Crippen LogP contribution in [0.5, 0.6) is 0 Å². The lowest BCUT2D eigenvalue weighted by Gasteiger charge is -2.22. The minimum absolute atomic E-state index is 0.0383. The summed E-state index contributed by atoms with van der Waals surface area (Å²) in [5.74, 6) is 0.864. The summed E-state index contributed by atoms with van der Waals surface area (Å²) in [5, 5.41) is 14.6. The van der Waals surface area contributed by atoms with Gasteiger partial charge in [-0.3, -0.25) is 15.0 Å². The number of nitro benzene ring substituents is 1. The van der Waals surface area contributed by atoms with Gasteiger partial charge in [-0.15, -0.1) is 0 Å². The van der Waals surface area contributed by atoms with Crippen molar-refractivity contribution < 1.29 is 9.34 Å². The lowest BCUT2D eigenvalue weighted by molar-refractivity contribution is -0.384. The van der Waals surface area contributed by atoms with E-state index in [-0.39, 0.29) is 11.7 Å². The molecule has 2 rings (SSSR count). The summed E-state index contributed by atoms with van der Waals surface area (Å²) >= 11 is 6.09. The first-order valence-electron chi connectivity index (χ1n) is 6.82. The number of furan rings is 1. The number of nitrogens with zero attached hydrogens (tertiary/aromatic N) is 2. The summed E-state index contributed by atoms with van der Waals surface area (Å²) in [6.07, 6.45) is 1.64. The van der Waals surface area contributed by atoms with Crippen LogP contribution >= 0.6 is 11.6 Å². The number of benzene rings is 1. The topological polar surface area (TPSA) is 71.5 Å². The third-order valence-electron chi connectivity index (χ3n) is 3.39. The lowest BCUT2D eigenvalue weighted by Crippen LogP contribution is -2.30. The molecule has 1 N–H and O–H groups in total. The second-order valence-corrected chi connectivity index (χ2v) is 5.57. The van der Waals surface area contributed by atoms with E-state index in [0.29, 0.717) is 23.7 Å². The van der Waals surface area contributed by atoms with Gasteiger partial charge in [-0.1, -0.05) is 11.6 Å². The van der Waals surface area contributed by atoms with Crippen molar-refractivity contribution in [1.82, 2.24) is 10.2 Å². The number of halogens is 1. The molecule has 0 aliphatic heterocycles. The number of hydrogen-bond acceptors (Lipinski definition) is 5. The number of hydrogen-bond donors (Lipinski definition) is 1. The smallest absolute Gasteiger partial charge is 0.269 e. The van der Waals surface area contributed by atoms with Crippen LogP contribution in [0.1, 0.15) is 17.4 Å². The highest BCUT2D eigenvalue weighted by atomic mass is 35.5. The Morgan fingerprint density at radius 3 is 2.77 bits per heavy atom. The molecule has 7 heteroatoms. The van der Waals surface area contributed by atoms with E-state index in [4.69, 9.17) is 16.0 Å². The van der Waals surface area contributed by atoms with Crippen LogP contribution in [0.3, 0.4) is 0 Å². The molecule has 1 aromatic carbocycles. The third kappa shape index (κ3) is 4.07. The highest BCUT2D eigenvalue weighted by molar-refractivity contribution is 6.31. The predicted octanol–water partition coefficient (Wildman–Crippen LogP) is 3.23. The van der Waals surface area contributed by atoms with E-state index >= 15 is 0 Å². The standard InChI is InChI=1S/C15H18ClN3O3/c1-18(2)14(15-4-3-7-22-15)10-17-9-11-8-12(19(20)21)5-6-13(11)16/h3-8,14,17H,9-10H2,1-2H3. The van der Waals surface area contributed by atoms with Gasteiger partial charge < -0.3 is 9.73 Å². The zero-order valence-corrected chi connectivity index (χ0v) is 13.2. The summed E-state index contributed by atoms with van der Waals surface area (Å²) < 4.78 is 5.44. The molecule has 0 amide bonds. The van der Waals surface area contributed by atoms with Crippen LogP contribution in [0.25, 0.3) is 0 Å². The number of nitrogens with one attached hydrogen (secondary N) is 1. The van der Waals surface area contributed by atoms with Crippen molar-refractivity contribution in [2.24, 2.45) is 0 Å². The average Bonchev–Trinajstić information content (AvgIpc) is 2.98. The molecule has 22 heavy (non-hydrogen) atoms. The van der Waals surface area contributed by atoms with Gasteiger partial charge in [-0.2, -0.15) is 0 Å². The molecule has 0 spiro atoms. The van der Waals surface area contributed by atoms with Gasteiger partial charge in [-0.05, 0) is 37.9 Å². The first-order valence-corrected chi connectivity index (χ1v) is 7.20. The molecule has 2 aromatic rings. The van der Waals surface area contributed by atoms with Gasteiger partial charge in [0, 0.05) is 30.2 Å². The van der Waals surface area contributed by atoms with Gasteiger partial charge in [0.05, 0.1) is 17.2 Å². The largest absolute Gasteiger partial charge is 0.468 e. The molecule has 1 aromatic heterocycles. The van der Waals surface area contributed by atoms with Gasteiger partial charge >= 0.3 is 0 Å². The molecule has 118 valence electrons. The number of rotatable bonds is 7. The third-order valence-corrected chi connectivity index (χ3v) is 3.76. The Kier molecular flexibility index (Phi) is 5.54. The highest BCUT2D eigenvalue weighted by Crippen LogP contribution is 2.22. The summed E-state index contributed by atoms with van der Waals surface area (Å²) in [6.45, 7) is 1.09. The van der Waals surface area contributed by atoms with Crippen molar-refractivity contribution >= 4 is 17.3 Å². The maximum Gasteiger partial charge on any atom is 0.269 e. The molecule has 0 fully saturated rings. The quantitative estimate of drug-likeness (QED) is 0.625.